The maximum Gasteiger partial charge on any atom is 0.129 e. The van der Waals surface area contributed by atoms with Crippen molar-refractivity contribution in [3.63, 3.8) is 0 Å². The van der Waals surface area contributed by atoms with Crippen LogP contribution in [0.2, 0.25) is 10.2 Å². The van der Waals surface area contributed by atoms with E-state index in [0.717, 1.165) is 38.2 Å². The molecule has 0 amide bonds. The van der Waals surface area contributed by atoms with Gasteiger partial charge in [0.2, 0.25) is 0 Å². The quantitative estimate of drug-likeness (QED) is 0.798. The SMILES string of the molecule is COC1(C)CCCN(Cc2nc(Cl)ccc2Cl)C1. The molecule has 2 rings (SSSR count). The minimum Gasteiger partial charge on any atom is -0.377 e. The molecule has 1 aromatic rings. The van der Waals surface area contributed by atoms with Crippen LogP contribution in [-0.4, -0.2) is 35.7 Å². The van der Waals surface area contributed by atoms with Crippen molar-refractivity contribution in [2.24, 2.45) is 0 Å². The van der Waals surface area contributed by atoms with Crippen molar-refractivity contribution in [1.29, 1.82) is 0 Å². The highest BCUT2D eigenvalue weighted by Gasteiger charge is 2.30. The fraction of sp³-hybridized carbons (Fsp3) is 0.615. The van der Waals surface area contributed by atoms with Gasteiger partial charge in [-0.3, -0.25) is 4.90 Å². The largest absolute Gasteiger partial charge is 0.377 e. The van der Waals surface area contributed by atoms with Crippen LogP contribution < -0.4 is 0 Å². The number of hydrogen-bond acceptors (Lipinski definition) is 3. The number of ether oxygens (including phenoxy) is 1. The van der Waals surface area contributed by atoms with Crippen LogP contribution in [0.4, 0.5) is 0 Å². The Morgan fingerprint density at radius 2 is 2.22 bits per heavy atom. The van der Waals surface area contributed by atoms with E-state index in [4.69, 9.17) is 27.9 Å². The van der Waals surface area contributed by atoms with Gasteiger partial charge in [0.05, 0.1) is 16.3 Å². The van der Waals surface area contributed by atoms with Gasteiger partial charge >= 0.3 is 0 Å². The third kappa shape index (κ3) is 3.35. The van der Waals surface area contributed by atoms with Crippen LogP contribution in [0.1, 0.15) is 25.5 Å². The van der Waals surface area contributed by atoms with Crippen molar-refractivity contribution in [3.8, 4) is 0 Å². The first-order valence-corrected chi connectivity index (χ1v) is 6.86. The molecule has 1 aromatic heterocycles. The Hall–Kier alpha value is -0.350. The summed E-state index contributed by atoms with van der Waals surface area (Å²) < 4.78 is 5.58. The summed E-state index contributed by atoms with van der Waals surface area (Å²) in [5.74, 6) is 0. The highest BCUT2D eigenvalue weighted by atomic mass is 35.5. The topological polar surface area (TPSA) is 25.4 Å². The van der Waals surface area contributed by atoms with E-state index in [1.807, 2.05) is 0 Å². The summed E-state index contributed by atoms with van der Waals surface area (Å²) in [6, 6.07) is 3.51. The standard InChI is InChI=1S/C13H18Cl2N2O/c1-13(18-2)6-3-7-17(9-13)8-11-10(14)4-5-12(15)16-11/h4-5H,3,6-9H2,1-2H3. The summed E-state index contributed by atoms with van der Waals surface area (Å²) in [4.78, 5) is 6.61. The summed E-state index contributed by atoms with van der Waals surface area (Å²) >= 11 is 12.0. The molecule has 0 saturated carbocycles. The summed E-state index contributed by atoms with van der Waals surface area (Å²) in [5.41, 5.74) is 0.771. The predicted octanol–water partition coefficient (Wildman–Crippen LogP) is 3.39. The van der Waals surface area contributed by atoms with Gasteiger partial charge in [-0.2, -0.15) is 0 Å². The second-order valence-corrected chi connectivity index (χ2v) is 5.83. The molecule has 0 aromatic carbocycles. The van der Waals surface area contributed by atoms with E-state index in [9.17, 15) is 0 Å². The third-order valence-electron chi connectivity index (χ3n) is 3.49. The van der Waals surface area contributed by atoms with Crippen LogP contribution in [0.5, 0.6) is 0 Å². The van der Waals surface area contributed by atoms with Gasteiger partial charge in [0, 0.05) is 20.2 Å². The van der Waals surface area contributed by atoms with Crippen molar-refractivity contribution in [1.82, 2.24) is 9.88 Å². The summed E-state index contributed by atoms with van der Waals surface area (Å²) in [6.07, 6.45) is 2.22. The molecule has 3 nitrogen and oxygen atoms in total. The Kier molecular flexibility index (Phi) is 4.49. The van der Waals surface area contributed by atoms with E-state index in [1.54, 1.807) is 19.2 Å². The first kappa shape index (κ1) is 14.1. The van der Waals surface area contributed by atoms with Gasteiger partial charge in [-0.15, -0.1) is 0 Å². The third-order valence-corrected chi connectivity index (χ3v) is 4.04. The molecule has 1 atom stereocenters. The average Bonchev–Trinajstić information content (AvgIpc) is 2.34. The number of aromatic nitrogens is 1. The highest BCUT2D eigenvalue weighted by molar-refractivity contribution is 6.32. The number of rotatable bonds is 3. The second kappa shape index (κ2) is 5.74. The van der Waals surface area contributed by atoms with Gasteiger partial charge in [-0.25, -0.2) is 4.98 Å². The number of methoxy groups -OCH3 is 1. The lowest BCUT2D eigenvalue weighted by Gasteiger charge is -2.39. The monoisotopic (exact) mass is 288 g/mol. The second-order valence-electron chi connectivity index (χ2n) is 5.03. The first-order valence-electron chi connectivity index (χ1n) is 6.11. The zero-order valence-electron chi connectivity index (χ0n) is 10.7. The maximum atomic E-state index is 6.14. The molecule has 100 valence electrons. The molecule has 1 fully saturated rings. The molecule has 1 unspecified atom stereocenters. The Morgan fingerprint density at radius 1 is 1.44 bits per heavy atom. The molecule has 1 saturated heterocycles. The van der Waals surface area contributed by atoms with Crippen LogP contribution in [-0.2, 0) is 11.3 Å². The van der Waals surface area contributed by atoms with Crippen LogP contribution >= 0.6 is 23.2 Å². The van der Waals surface area contributed by atoms with Crippen molar-refractivity contribution < 1.29 is 4.74 Å². The van der Waals surface area contributed by atoms with E-state index >= 15 is 0 Å². The number of piperidine rings is 1. The Balaban J connectivity index is 2.07. The number of hydrogen-bond donors (Lipinski definition) is 0. The predicted molar refractivity (Wildman–Crippen MR) is 74.2 cm³/mol. The molecule has 0 spiro atoms. The fourth-order valence-corrected chi connectivity index (χ4v) is 2.72. The van der Waals surface area contributed by atoms with Crippen molar-refractivity contribution in [2.75, 3.05) is 20.2 Å². The molecule has 0 N–H and O–H groups in total. The number of halogens is 2. The lowest BCUT2D eigenvalue weighted by Crippen LogP contribution is -2.47. The van der Waals surface area contributed by atoms with Crippen LogP contribution in [0.15, 0.2) is 12.1 Å². The van der Waals surface area contributed by atoms with E-state index in [0.29, 0.717) is 10.2 Å². The molecule has 0 aliphatic carbocycles. The van der Waals surface area contributed by atoms with E-state index < -0.39 is 0 Å². The molecule has 1 aliphatic heterocycles. The van der Waals surface area contributed by atoms with Crippen LogP contribution in [0.3, 0.4) is 0 Å². The zero-order chi connectivity index (χ0) is 13.2. The van der Waals surface area contributed by atoms with Gasteiger partial charge < -0.3 is 4.74 Å². The van der Waals surface area contributed by atoms with Gasteiger partial charge in [0.15, 0.2) is 0 Å². The molecular formula is C13H18Cl2N2O. The zero-order valence-corrected chi connectivity index (χ0v) is 12.3. The van der Waals surface area contributed by atoms with Crippen molar-refractivity contribution >= 4 is 23.2 Å². The van der Waals surface area contributed by atoms with E-state index in [-0.39, 0.29) is 5.60 Å². The Labute approximate surface area is 118 Å². The van der Waals surface area contributed by atoms with Gasteiger partial charge in [0.25, 0.3) is 0 Å². The molecule has 0 radical (unpaired) electrons. The fourth-order valence-electron chi connectivity index (χ4n) is 2.39. The Morgan fingerprint density at radius 3 is 2.94 bits per heavy atom. The van der Waals surface area contributed by atoms with Gasteiger partial charge in [-0.05, 0) is 38.4 Å². The summed E-state index contributed by atoms with van der Waals surface area (Å²) in [7, 11) is 1.77. The van der Waals surface area contributed by atoms with Crippen LogP contribution in [0, 0.1) is 0 Å². The van der Waals surface area contributed by atoms with Gasteiger partial charge in [0.1, 0.15) is 5.15 Å². The number of nitrogens with zero attached hydrogens (tertiary/aromatic N) is 2. The molecule has 2 heterocycles. The molecule has 5 heteroatoms. The van der Waals surface area contributed by atoms with Crippen molar-refractivity contribution in [2.45, 2.75) is 31.9 Å². The molecule has 18 heavy (non-hydrogen) atoms. The number of pyridine rings is 1. The smallest absolute Gasteiger partial charge is 0.129 e. The highest BCUT2D eigenvalue weighted by Crippen LogP contribution is 2.26. The summed E-state index contributed by atoms with van der Waals surface area (Å²) in [5, 5.41) is 1.16. The van der Waals surface area contributed by atoms with E-state index in [2.05, 4.69) is 16.8 Å². The van der Waals surface area contributed by atoms with Crippen LogP contribution in [0.25, 0.3) is 0 Å². The minimum absolute atomic E-state index is 0.0662. The lowest BCUT2D eigenvalue weighted by molar-refractivity contribution is -0.0529. The Bertz CT molecular complexity index is 427. The lowest BCUT2D eigenvalue weighted by atomic mass is 9.94. The maximum absolute atomic E-state index is 6.14. The first-order chi connectivity index (χ1) is 8.52. The van der Waals surface area contributed by atoms with E-state index in [1.165, 1.54) is 0 Å². The molecular weight excluding hydrogens is 271 g/mol. The average molecular weight is 289 g/mol. The number of likely N-dealkylation sites (tertiary alicyclic amines) is 1. The normalized spacial score (nSPS) is 25.3. The minimum atomic E-state index is -0.0662. The molecule has 1 aliphatic rings. The van der Waals surface area contributed by atoms with Crippen molar-refractivity contribution in [3.05, 3.63) is 28.0 Å². The van der Waals surface area contributed by atoms with Gasteiger partial charge in [-0.1, -0.05) is 23.2 Å². The summed E-state index contributed by atoms with van der Waals surface area (Å²) in [6.45, 7) is 4.81. The molecule has 0 bridgehead atoms.